The van der Waals surface area contributed by atoms with Crippen LogP contribution in [0, 0.1) is 0 Å². The lowest BCUT2D eigenvalue weighted by atomic mass is 10.4. The lowest BCUT2D eigenvalue weighted by molar-refractivity contribution is 0.394. The number of hydrogen-bond acceptors (Lipinski definition) is 3. The van der Waals surface area contributed by atoms with Crippen molar-refractivity contribution in [2.75, 3.05) is 40.3 Å². The van der Waals surface area contributed by atoms with Crippen LogP contribution in [0.1, 0.15) is 12.8 Å². The van der Waals surface area contributed by atoms with E-state index >= 15 is 0 Å². The SMILES string of the molecule is CNCCN(C)S(=O)(=O)N1CCCC1. The van der Waals surface area contributed by atoms with E-state index in [1.165, 1.54) is 4.31 Å². The standard InChI is InChI=1S/C8H19N3O2S/c1-9-5-8-10(2)14(12,13)11-6-3-4-7-11/h9H,3-8H2,1-2H3. The van der Waals surface area contributed by atoms with Crippen LogP contribution in [-0.2, 0) is 10.2 Å². The summed E-state index contributed by atoms with van der Waals surface area (Å²) in [6.07, 6.45) is 1.97. The number of nitrogens with one attached hydrogen (secondary N) is 1. The van der Waals surface area contributed by atoms with Crippen LogP contribution >= 0.6 is 0 Å². The minimum atomic E-state index is -3.18. The van der Waals surface area contributed by atoms with Gasteiger partial charge < -0.3 is 5.32 Å². The molecule has 0 spiro atoms. The molecule has 0 aliphatic carbocycles. The highest BCUT2D eigenvalue weighted by Crippen LogP contribution is 2.14. The van der Waals surface area contributed by atoms with Gasteiger partial charge in [0.1, 0.15) is 0 Å². The summed E-state index contributed by atoms with van der Waals surface area (Å²) >= 11 is 0. The molecule has 1 heterocycles. The first-order chi connectivity index (χ1) is 6.59. The Bertz CT molecular complexity index is 260. The Balaban J connectivity index is 2.54. The zero-order valence-corrected chi connectivity index (χ0v) is 9.68. The van der Waals surface area contributed by atoms with Gasteiger partial charge in [-0.1, -0.05) is 0 Å². The van der Waals surface area contributed by atoms with Crippen molar-refractivity contribution in [1.29, 1.82) is 0 Å². The number of likely N-dealkylation sites (N-methyl/N-ethyl adjacent to an activating group) is 2. The van der Waals surface area contributed by atoms with Gasteiger partial charge in [-0.2, -0.15) is 17.0 Å². The lowest BCUT2D eigenvalue weighted by Gasteiger charge is -2.23. The summed E-state index contributed by atoms with van der Waals surface area (Å²) in [6.45, 7) is 2.55. The van der Waals surface area contributed by atoms with Crippen molar-refractivity contribution in [2.45, 2.75) is 12.8 Å². The maximum Gasteiger partial charge on any atom is 0.281 e. The first kappa shape index (κ1) is 11.9. The van der Waals surface area contributed by atoms with E-state index in [2.05, 4.69) is 5.32 Å². The fraction of sp³-hybridized carbons (Fsp3) is 1.00. The first-order valence-electron chi connectivity index (χ1n) is 4.95. The normalized spacial score (nSPS) is 19.4. The number of hydrogen-bond donors (Lipinski definition) is 1. The van der Waals surface area contributed by atoms with E-state index < -0.39 is 10.2 Å². The summed E-state index contributed by atoms with van der Waals surface area (Å²) in [5.41, 5.74) is 0. The second kappa shape index (κ2) is 5.06. The molecule has 0 aromatic rings. The summed E-state index contributed by atoms with van der Waals surface area (Å²) in [6, 6.07) is 0. The summed E-state index contributed by atoms with van der Waals surface area (Å²) in [4.78, 5) is 0. The van der Waals surface area contributed by atoms with Gasteiger partial charge >= 0.3 is 0 Å². The molecule has 1 rings (SSSR count). The fourth-order valence-corrected chi connectivity index (χ4v) is 2.94. The van der Waals surface area contributed by atoms with E-state index in [0.29, 0.717) is 26.2 Å². The number of nitrogens with zero attached hydrogens (tertiary/aromatic N) is 2. The molecule has 0 aromatic heterocycles. The van der Waals surface area contributed by atoms with Crippen LogP contribution in [0.2, 0.25) is 0 Å². The predicted octanol–water partition coefficient (Wildman–Crippen LogP) is -0.522. The average molecular weight is 221 g/mol. The molecule has 0 atom stereocenters. The molecule has 0 amide bonds. The molecular weight excluding hydrogens is 202 g/mol. The van der Waals surface area contributed by atoms with Gasteiger partial charge in [0.25, 0.3) is 10.2 Å². The van der Waals surface area contributed by atoms with Gasteiger partial charge in [0.15, 0.2) is 0 Å². The van der Waals surface area contributed by atoms with E-state index in [0.717, 1.165) is 12.8 Å². The molecule has 0 unspecified atom stereocenters. The zero-order valence-electron chi connectivity index (χ0n) is 8.86. The van der Waals surface area contributed by atoms with Crippen LogP contribution in [0.4, 0.5) is 0 Å². The summed E-state index contributed by atoms with van der Waals surface area (Å²) in [7, 11) is 0.261. The highest BCUT2D eigenvalue weighted by molar-refractivity contribution is 7.86. The third kappa shape index (κ3) is 2.66. The molecule has 1 fully saturated rings. The Morgan fingerprint density at radius 2 is 1.93 bits per heavy atom. The Morgan fingerprint density at radius 3 is 2.43 bits per heavy atom. The van der Waals surface area contributed by atoms with Crippen LogP contribution < -0.4 is 5.32 Å². The quantitative estimate of drug-likeness (QED) is 0.679. The third-order valence-corrected chi connectivity index (χ3v) is 4.45. The molecule has 1 aliphatic rings. The highest BCUT2D eigenvalue weighted by Gasteiger charge is 2.28. The topological polar surface area (TPSA) is 52.7 Å². The molecule has 0 bridgehead atoms. The number of rotatable bonds is 5. The fourth-order valence-electron chi connectivity index (χ4n) is 1.50. The molecule has 14 heavy (non-hydrogen) atoms. The summed E-state index contributed by atoms with van der Waals surface area (Å²) in [5, 5.41) is 2.94. The molecule has 0 saturated carbocycles. The maximum absolute atomic E-state index is 11.9. The smallest absolute Gasteiger partial charge is 0.281 e. The predicted molar refractivity (Wildman–Crippen MR) is 56.3 cm³/mol. The average Bonchev–Trinajstić information content (AvgIpc) is 2.67. The van der Waals surface area contributed by atoms with Gasteiger partial charge in [0, 0.05) is 33.2 Å². The minimum Gasteiger partial charge on any atom is -0.318 e. The van der Waals surface area contributed by atoms with Crippen LogP contribution in [0.5, 0.6) is 0 Å². The largest absolute Gasteiger partial charge is 0.318 e. The van der Waals surface area contributed by atoms with Gasteiger partial charge in [-0.3, -0.25) is 0 Å². The second-order valence-corrected chi connectivity index (χ2v) is 5.57. The molecule has 1 aliphatic heterocycles. The summed E-state index contributed by atoms with van der Waals surface area (Å²) < 4.78 is 26.7. The monoisotopic (exact) mass is 221 g/mol. The van der Waals surface area contributed by atoms with Crippen molar-refractivity contribution in [3.8, 4) is 0 Å². The molecule has 5 nitrogen and oxygen atoms in total. The van der Waals surface area contributed by atoms with E-state index in [1.54, 1.807) is 11.4 Å². The van der Waals surface area contributed by atoms with E-state index in [1.807, 2.05) is 7.05 Å². The van der Waals surface area contributed by atoms with Crippen molar-refractivity contribution in [3.05, 3.63) is 0 Å². The molecule has 84 valence electrons. The zero-order chi connectivity index (χ0) is 10.6. The summed E-state index contributed by atoms with van der Waals surface area (Å²) in [5.74, 6) is 0. The Hall–Kier alpha value is -0.170. The van der Waals surface area contributed by atoms with Crippen LogP contribution in [0.15, 0.2) is 0 Å². The van der Waals surface area contributed by atoms with Crippen LogP contribution in [-0.4, -0.2) is 57.3 Å². The van der Waals surface area contributed by atoms with Gasteiger partial charge in [-0.05, 0) is 19.9 Å². The minimum absolute atomic E-state index is 0.523. The third-order valence-electron chi connectivity index (χ3n) is 2.46. The molecule has 6 heteroatoms. The highest BCUT2D eigenvalue weighted by atomic mass is 32.2. The second-order valence-electron chi connectivity index (χ2n) is 3.54. The van der Waals surface area contributed by atoms with Crippen molar-refractivity contribution < 1.29 is 8.42 Å². The van der Waals surface area contributed by atoms with Crippen LogP contribution in [0.25, 0.3) is 0 Å². The Labute approximate surface area is 86.3 Å². The van der Waals surface area contributed by atoms with Crippen molar-refractivity contribution in [1.82, 2.24) is 13.9 Å². The van der Waals surface area contributed by atoms with E-state index in [-0.39, 0.29) is 0 Å². The molecule has 1 saturated heterocycles. The van der Waals surface area contributed by atoms with Gasteiger partial charge in [-0.25, -0.2) is 0 Å². The van der Waals surface area contributed by atoms with Crippen molar-refractivity contribution in [3.63, 3.8) is 0 Å². The van der Waals surface area contributed by atoms with Gasteiger partial charge in [0.2, 0.25) is 0 Å². The van der Waals surface area contributed by atoms with E-state index in [9.17, 15) is 8.42 Å². The Morgan fingerprint density at radius 1 is 1.36 bits per heavy atom. The van der Waals surface area contributed by atoms with Crippen LogP contribution in [0.3, 0.4) is 0 Å². The van der Waals surface area contributed by atoms with E-state index in [4.69, 9.17) is 0 Å². The Kier molecular flexibility index (Phi) is 4.31. The van der Waals surface area contributed by atoms with Gasteiger partial charge in [0.05, 0.1) is 0 Å². The molecular formula is C8H19N3O2S. The molecule has 1 N–H and O–H groups in total. The van der Waals surface area contributed by atoms with Crippen molar-refractivity contribution >= 4 is 10.2 Å². The first-order valence-corrected chi connectivity index (χ1v) is 6.34. The maximum atomic E-state index is 11.9. The molecule has 0 radical (unpaired) electrons. The van der Waals surface area contributed by atoms with Crippen molar-refractivity contribution in [2.24, 2.45) is 0 Å². The van der Waals surface area contributed by atoms with Gasteiger partial charge in [-0.15, -0.1) is 0 Å². The lowest BCUT2D eigenvalue weighted by Crippen LogP contribution is -2.42. The molecule has 0 aromatic carbocycles.